The minimum atomic E-state index is -0.0539. The van der Waals surface area contributed by atoms with Gasteiger partial charge in [-0.05, 0) is 152 Å². The molecule has 0 fully saturated rings. The van der Waals surface area contributed by atoms with E-state index in [2.05, 4.69) is 195 Å². The van der Waals surface area contributed by atoms with E-state index in [4.69, 9.17) is 0 Å². The van der Waals surface area contributed by atoms with Crippen LogP contribution in [0.25, 0.3) is 79.0 Å². The number of hydrogen-bond acceptors (Lipinski definition) is 3. The van der Waals surface area contributed by atoms with Crippen molar-refractivity contribution in [3.63, 3.8) is 0 Å². The van der Waals surface area contributed by atoms with Gasteiger partial charge < -0.3 is 9.38 Å². The van der Waals surface area contributed by atoms with E-state index in [0.717, 1.165) is 0 Å². The van der Waals surface area contributed by atoms with Gasteiger partial charge in [-0.15, -0.1) is 22.7 Å². The topological polar surface area (TPSA) is 8.17 Å². The molecule has 0 atom stereocenters. The van der Waals surface area contributed by atoms with Gasteiger partial charge in [0.1, 0.15) is 0 Å². The summed E-state index contributed by atoms with van der Waals surface area (Å²) in [5.74, 6) is 0. The fourth-order valence-corrected chi connectivity index (χ4v) is 15.9. The molecule has 67 heavy (non-hydrogen) atoms. The minimum absolute atomic E-state index is 0.0476. The van der Waals surface area contributed by atoms with E-state index in [1.807, 2.05) is 22.7 Å². The molecule has 2 nitrogen and oxygen atoms in total. The van der Waals surface area contributed by atoms with Crippen LogP contribution in [0.15, 0.2) is 109 Å². The fraction of sp³-hybridized carbons (Fsp3) is 0.323. The summed E-state index contributed by atoms with van der Waals surface area (Å²) in [6.07, 6.45) is 4.73. The Morgan fingerprint density at radius 3 is 1.76 bits per heavy atom. The quantitative estimate of drug-likeness (QED) is 0.149. The number of thiophene rings is 2. The van der Waals surface area contributed by atoms with Crippen LogP contribution < -0.4 is 15.7 Å². The Kier molecular flexibility index (Phi) is 7.80. The zero-order valence-electron chi connectivity index (χ0n) is 41.0. The van der Waals surface area contributed by atoms with E-state index in [1.165, 1.54) is 155 Å². The largest absolute Gasteiger partial charge is 0.376 e. The highest BCUT2D eigenvalue weighted by Crippen LogP contribution is 2.57. The lowest BCUT2D eigenvalue weighted by Crippen LogP contribution is -2.60. The summed E-state index contributed by atoms with van der Waals surface area (Å²) in [6, 6.07) is 44.0. The second-order valence-electron chi connectivity index (χ2n) is 24.6. The van der Waals surface area contributed by atoms with Crippen molar-refractivity contribution in [2.75, 3.05) is 4.81 Å². The third-order valence-electron chi connectivity index (χ3n) is 17.6. The van der Waals surface area contributed by atoms with Crippen LogP contribution >= 0.6 is 22.7 Å². The van der Waals surface area contributed by atoms with Crippen molar-refractivity contribution < 1.29 is 0 Å². The lowest BCUT2D eigenvalue weighted by atomic mass is 9.43. The highest BCUT2D eigenvalue weighted by Gasteiger charge is 2.49. The maximum Gasteiger partial charge on any atom is 0.333 e. The van der Waals surface area contributed by atoms with Crippen molar-refractivity contribution in [3.05, 3.63) is 137 Å². The predicted molar refractivity (Wildman–Crippen MR) is 295 cm³/mol. The molecule has 0 N–H and O–H groups in total. The second-order valence-corrected chi connectivity index (χ2v) is 26.7. The van der Waals surface area contributed by atoms with Crippen molar-refractivity contribution in [1.82, 2.24) is 4.57 Å². The average Bonchev–Trinajstić information content (AvgIpc) is 3.97. The van der Waals surface area contributed by atoms with Crippen LogP contribution in [0.3, 0.4) is 0 Å². The summed E-state index contributed by atoms with van der Waals surface area (Å²) in [5.41, 5.74) is 20.1. The molecular formula is C62H59BN2S2. The molecule has 3 aromatic heterocycles. The molecule has 0 saturated carbocycles. The first-order valence-electron chi connectivity index (χ1n) is 24.9. The van der Waals surface area contributed by atoms with Crippen LogP contribution in [0, 0.1) is 0 Å². The fourth-order valence-electron chi connectivity index (χ4n) is 13.5. The molecule has 0 bridgehead atoms. The highest BCUT2D eigenvalue weighted by atomic mass is 32.1. The molecule has 7 aromatic carbocycles. The number of aromatic nitrogens is 1. The van der Waals surface area contributed by atoms with E-state index in [-0.39, 0.29) is 33.9 Å². The first kappa shape index (κ1) is 40.7. The number of anilines is 2. The van der Waals surface area contributed by atoms with E-state index < -0.39 is 0 Å². The van der Waals surface area contributed by atoms with Crippen LogP contribution in [0.2, 0.25) is 0 Å². The molecular weight excluding hydrogens is 848 g/mol. The van der Waals surface area contributed by atoms with Crippen molar-refractivity contribution in [2.45, 2.75) is 129 Å². The molecule has 0 unspecified atom stereocenters. The SMILES string of the molecule is CC(C)(C)c1ccc(N2B3c4cc5sc6ccccc6c5cc4-n4c5cc6c(cc5c5c7c(sc8ccccc87)c(c3c54)-c3cc4c(cc32)C(C)(C)CCC4(C)C)C(C)(C)CCC6(C)C)cc1. The molecule has 0 saturated heterocycles. The number of benzene rings is 7. The van der Waals surface area contributed by atoms with Gasteiger partial charge in [-0.3, -0.25) is 0 Å². The molecule has 2 aliphatic carbocycles. The summed E-state index contributed by atoms with van der Waals surface area (Å²) >= 11 is 3.98. The first-order chi connectivity index (χ1) is 31.8. The van der Waals surface area contributed by atoms with Gasteiger partial charge >= 0.3 is 6.85 Å². The monoisotopic (exact) mass is 906 g/mol. The molecule has 10 aromatic rings. The Bertz CT molecular complexity index is 3860. The van der Waals surface area contributed by atoms with E-state index in [9.17, 15) is 0 Å². The van der Waals surface area contributed by atoms with Crippen molar-refractivity contribution in [3.8, 4) is 16.8 Å². The van der Waals surface area contributed by atoms with E-state index >= 15 is 0 Å². The summed E-state index contributed by atoms with van der Waals surface area (Å²) in [6.45, 7) is 26.9. The Hall–Kier alpha value is -5.36. The average molecular weight is 907 g/mol. The predicted octanol–water partition coefficient (Wildman–Crippen LogP) is 16.8. The third kappa shape index (κ3) is 5.29. The lowest BCUT2D eigenvalue weighted by molar-refractivity contribution is 0.332. The van der Waals surface area contributed by atoms with Crippen molar-refractivity contribution in [2.24, 2.45) is 0 Å². The van der Waals surface area contributed by atoms with Gasteiger partial charge in [0, 0.05) is 79.3 Å². The zero-order valence-corrected chi connectivity index (χ0v) is 42.6. The smallest absolute Gasteiger partial charge is 0.333 e. The van der Waals surface area contributed by atoms with Crippen molar-refractivity contribution >= 4 is 114 Å². The van der Waals surface area contributed by atoms with Gasteiger partial charge in [0.25, 0.3) is 0 Å². The first-order valence-corrected chi connectivity index (χ1v) is 26.5. The standard InChI is InChI=1S/C62H59BN2S2/c1-58(2,3)34-20-22-35(23-21-34)65-47-32-44-42(60(6,7)25-27-62(44,10)11)29-40(47)54-55-56-52(53-37-17-13-15-19-50(37)67-57(53)54)39-28-41-43(61(8,9)26-24-59(41,4)5)31-46(39)64(56)48-30-38-36-16-12-14-18-49(36)66-51(38)33-45(48)63(55)65/h12-23,28-33H,24-27H2,1-11H3. The summed E-state index contributed by atoms with van der Waals surface area (Å²) in [7, 11) is 0. The van der Waals surface area contributed by atoms with Gasteiger partial charge in [0.05, 0.1) is 11.0 Å². The molecule has 5 heteroatoms. The van der Waals surface area contributed by atoms with Gasteiger partial charge in [-0.25, -0.2) is 0 Å². The van der Waals surface area contributed by atoms with Gasteiger partial charge in [0.15, 0.2) is 0 Å². The Labute approximate surface area is 403 Å². The van der Waals surface area contributed by atoms with E-state index in [0.29, 0.717) is 0 Å². The lowest BCUT2D eigenvalue weighted by Gasteiger charge is -2.46. The van der Waals surface area contributed by atoms with E-state index in [1.54, 1.807) is 0 Å². The molecule has 0 amide bonds. The second kappa shape index (κ2) is 12.8. The molecule has 5 heterocycles. The highest BCUT2D eigenvalue weighted by molar-refractivity contribution is 7.27. The molecule has 0 radical (unpaired) electrons. The Morgan fingerprint density at radius 2 is 1.10 bits per heavy atom. The van der Waals surface area contributed by atoms with Gasteiger partial charge in [0.2, 0.25) is 0 Å². The molecule has 14 rings (SSSR count). The Morgan fingerprint density at radius 1 is 0.522 bits per heavy atom. The number of nitrogens with zero attached hydrogens (tertiary/aromatic N) is 2. The molecule has 332 valence electrons. The normalized spacial score (nSPS) is 18.6. The van der Waals surface area contributed by atoms with Gasteiger partial charge in [-0.1, -0.05) is 125 Å². The van der Waals surface area contributed by atoms with Crippen LogP contribution in [-0.2, 0) is 27.1 Å². The maximum absolute atomic E-state index is 2.80. The number of hydrogen-bond donors (Lipinski definition) is 0. The maximum atomic E-state index is 2.80. The Balaban J connectivity index is 1.25. The van der Waals surface area contributed by atoms with Crippen LogP contribution in [0.4, 0.5) is 11.4 Å². The number of rotatable bonds is 1. The van der Waals surface area contributed by atoms with Crippen LogP contribution in [-0.4, -0.2) is 11.4 Å². The zero-order chi connectivity index (χ0) is 46.1. The summed E-state index contributed by atoms with van der Waals surface area (Å²) in [4.78, 5) is 2.80. The molecule has 2 aliphatic heterocycles. The van der Waals surface area contributed by atoms with Crippen LogP contribution in [0.1, 0.15) is 130 Å². The summed E-state index contributed by atoms with van der Waals surface area (Å²) in [5, 5.41) is 8.35. The molecule has 0 spiro atoms. The third-order valence-corrected chi connectivity index (χ3v) is 20.0. The van der Waals surface area contributed by atoms with Gasteiger partial charge in [-0.2, -0.15) is 0 Å². The van der Waals surface area contributed by atoms with Crippen LogP contribution in [0.5, 0.6) is 0 Å². The minimum Gasteiger partial charge on any atom is -0.376 e. The molecule has 4 aliphatic rings. The summed E-state index contributed by atoms with van der Waals surface area (Å²) < 4.78 is 8.30. The number of fused-ring (bicyclic) bond motifs is 18. The van der Waals surface area contributed by atoms with Crippen molar-refractivity contribution in [1.29, 1.82) is 0 Å².